The average Bonchev–Trinajstić information content (AvgIpc) is 2.64. The van der Waals surface area contributed by atoms with Gasteiger partial charge < -0.3 is 20.1 Å². The van der Waals surface area contributed by atoms with Crippen LogP contribution in [0.25, 0.3) is 0 Å². The SMILES string of the molecule is CN=C(NCCOc1ccc(C(F)(F)F)cn1)NCCN1CCOCC1. The van der Waals surface area contributed by atoms with E-state index in [4.69, 9.17) is 9.47 Å². The lowest BCUT2D eigenvalue weighted by Crippen LogP contribution is -2.45. The molecule has 7 nitrogen and oxygen atoms in total. The summed E-state index contributed by atoms with van der Waals surface area (Å²) in [6.45, 7) is 5.74. The van der Waals surface area contributed by atoms with Crippen LogP contribution in [-0.2, 0) is 10.9 Å². The molecule has 2 N–H and O–H groups in total. The highest BCUT2D eigenvalue weighted by molar-refractivity contribution is 5.79. The number of nitrogens with zero attached hydrogens (tertiary/aromatic N) is 3. The van der Waals surface area contributed by atoms with Gasteiger partial charge >= 0.3 is 6.18 Å². The van der Waals surface area contributed by atoms with Gasteiger partial charge in [0.2, 0.25) is 5.88 Å². The van der Waals surface area contributed by atoms with E-state index in [-0.39, 0.29) is 12.5 Å². The second kappa shape index (κ2) is 10.2. The molecular weight excluding hydrogens is 351 g/mol. The Morgan fingerprint density at radius 2 is 2.00 bits per heavy atom. The molecule has 0 saturated carbocycles. The Morgan fingerprint density at radius 3 is 2.62 bits per heavy atom. The zero-order chi connectivity index (χ0) is 18.8. The lowest BCUT2D eigenvalue weighted by molar-refractivity contribution is -0.137. The summed E-state index contributed by atoms with van der Waals surface area (Å²) in [5, 5.41) is 6.28. The Kier molecular flexibility index (Phi) is 7.92. The van der Waals surface area contributed by atoms with Gasteiger partial charge in [-0.05, 0) is 6.07 Å². The van der Waals surface area contributed by atoms with Gasteiger partial charge in [-0.1, -0.05) is 0 Å². The summed E-state index contributed by atoms with van der Waals surface area (Å²) in [7, 11) is 1.67. The van der Waals surface area contributed by atoms with Crippen molar-refractivity contribution in [1.82, 2.24) is 20.5 Å². The normalized spacial score (nSPS) is 16.4. The smallest absolute Gasteiger partial charge is 0.417 e. The predicted octanol–water partition coefficient (Wildman–Crippen LogP) is 0.976. The van der Waals surface area contributed by atoms with Crippen LogP contribution in [0.5, 0.6) is 5.88 Å². The van der Waals surface area contributed by atoms with E-state index in [0.717, 1.165) is 51.7 Å². The fourth-order valence-corrected chi connectivity index (χ4v) is 2.34. The Hall–Kier alpha value is -2.07. The maximum absolute atomic E-state index is 12.5. The van der Waals surface area contributed by atoms with E-state index < -0.39 is 11.7 Å². The third kappa shape index (κ3) is 7.04. The predicted molar refractivity (Wildman–Crippen MR) is 91.4 cm³/mol. The molecule has 1 saturated heterocycles. The van der Waals surface area contributed by atoms with Gasteiger partial charge in [0, 0.05) is 45.5 Å². The number of alkyl halides is 3. The summed E-state index contributed by atoms with van der Waals surface area (Å²) in [4.78, 5) is 10.1. The lowest BCUT2D eigenvalue weighted by Gasteiger charge is -2.26. The van der Waals surface area contributed by atoms with Crippen LogP contribution >= 0.6 is 0 Å². The van der Waals surface area contributed by atoms with Crippen molar-refractivity contribution in [2.75, 3.05) is 59.6 Å². The molecule has 0 spiro atoms. The molecule has 1 aromatic heterocycles. The third-order valence-corrected chi connectivity index (χ3v) is 3.76. The number of aliphatic imine (C=N–C) groups is 1. The number of ether oxygens (including phenoxy) is 2. The van der Waals surface area contributed by atoms with Gasteiger partial charge in [-0.3, -0.25) is 9.89 Å². The number of pyridine rings is 1. The fourth-order valence-electron chi connectivity index (χ4n) is 2.34. The first-order valence-corrected chi connectivity index (χ1v) is 8.39. The van der Waals surface area contributed by atoms with Gasteiger partial charge in [0.25, 0.3) is 0 Å². The van der Waals surface area contributed by atoms with Crippen LogP contribution in [0.1, 0.15) is 5.56 Å². The van der Waals surface area contributed by atoms with Crippen LogP contribution in [0.2, 0.25) is 0 Å². The molecular formula is C16H24F3N5O2. The molecule has 0 unspecified atom stereocenters. The van der Waals surface area contributed by atoms with Gasteiger partial charge in [0.05, 0.1) is 25.3 Å². The van der Waals surface area contributed by atoms with Gasteiger partial charge in [0.15, 0.2) is 5.96 Å². The largest absolute Gasteiger partial charge is 0.476 e. The molecule has 10 heteroatoms. The second-order valence-corrected chi connectivity index (χ2v) is 5.61. The van der Waals surface area contributed by atoms with E-state index >= 15 is 0 Å². The van der Waals surface area contributed by atoms with Gasteiger partial charge in [-0.2, -0.15) is 13.2 Å². The van der Waals surface area contributed by atoms with Crippen LogP contribution in [0.15, 0.2) is 23.3 Å². The first kappa shape index (κ1) is 20.2. The fraction of sp³-hybridized carbons (Fsp3) is 0.625. The molecule has 1 aliphatic rings. The van der Waals surface area contributed by atoms with Crippen LogP contribution in [0.3, 0.4) is 0 Å². The van der Waals surface area contributed by atoms with E-state index in [1.54, 1.807) is 7.05 Å². The van der Waals surface area contributed by atoms with Crippen molar-refractivity contribution in [2.24, 2.45) is 4.99 Å². The summed E-state index contributed by atoms with van der Waals surface area (Å²) < 4.78 is 48.0. The standard InChI is InChI=1S/C16H24F3N5O2/c1-20-15(21-4-6-24-7-10-25-11-8-24)22-5-9-26-14-3-2-13(12-23-14)16(17,18)19/h2-3,12H,4-11H2,1H3,(H2,20,21,22). The number of rotatable bonds is 7. The molecule has 0 aromatic carbocycles. The number of aromatic nitrogens is 1. The molecule has 26 heavy (non-hydrogen) atoms. The van der Waals surface area contributed by atoms with Crippen molar-refractivity contribution >= 4 is 5.96 Å². The molecule has 0 bridgehead atoms. The molecule has 1 fully saturated rings. The number of morpholine rings is 1. The maximum Gasteiger partial charge on any atom is 0.417 e. The number of guanidine groups is 1. The van der Waals surface area contributed by atoms with E-state index in [1.807, 2.05) is 0 Å². The minimum absolute atomic E-state index is 0.148. The molecule has 0 aliphatic carbocycles. The van der Waals surface area contributed by atoms with Crippen molar-refractivity contribution in [2.45, 2.75) is 6.18 Å². The van der Waals surface area contributed by atoms with Crippen LogP contribution in [0, 0.1) is 0 Å². The quantitative estimate of drug-likeness (QED) is 0.421. The number of hydrogen-bond donors (Lipinski definition) is 2. The van der Waals surface area contributed by atoms with E-state index in [1.165, 1.54) is 6.07 Å². The third-order valence-electron chi connectivity index (χ3n) is 3.76. The number of hydrogen-bond acceptors (Lipinski definition) is 5. The Balaban J connectivity index is 1.61. The Bertz CT molecular complexity index is 560. The minimum atomic E-state index is -4.40. The summed E-state index contributed by atoms with van der Waals surface area (Å²) in [5.74, 6) is 0.789. The second-order valence-electron chi connectivity index (χ2n) is 5.61. The zero-order valence-corrected chi connectivity index (χ0v) is 14.7. The average molecular weight is 375 g/mol. The number of nitrogens with one attached hydrogen (secondary N) is 2. The summed E-state index contributed by atoms with van der Waals surface area (Å²) in [6.07, 6.45) is -3.64. The first-order chi connectivity index (χ1) is 12.5. The molecule has 0 amide bonds. The molecule has 1 aromatic rings. The van der Waals surface area contributed by atoms with Crippen molar-refractivity contribution in [1.29, 1.82) is 0 Å². The van der Waals surface area contributed by atoms with Crippen molar-refractivity contribution in [3.63, 3.8) is 0 Å². The Morgan fingerprint density at radius 1 is 1.27 bits per heavy atom. The monoisotopic (exact) mass is 375 g/mol. The zero-order valence-electron chi connectivity index (χ0n) is 14.7. The number of halogens is 3. The van der Waals surface area contributed by atoms with Gasteiger partial charge in [-0.15, -0.1) is 0 Å². The summed E-state index contributed by atoms with van der Waals surface area (Å²) >= 11 is 0. The minimum Gasteiger partial charge on any atom is -0.476 e. The van der Waals surface area contributed by atoms with E-state index in [0.29, 0.717) is 12.5 Å². The molecule has 1 aliphatic heterocycles. The highest BCUT2D eigenvalue weighted by Crippen LogP contribution is 2.29. The first-order valence-electron chi connectivity index (χ1n) is 8.39. The molecule has 2 rings (SSSR count). The molecule has 0 radical (unpaired) electrons. The van der Waals surface area contributed by atoms with Crippen LogP contribution in [0.4, 0.5) is 13.2 Å². The van der Waals surface area contributed by atoms with Gasteiger partial charge in [-0.25, -0.2) is 4.98 Å². The van der Waals surface area contributed by atoms with Crippen molar-refractivity contribution in [3.05, 3.63) is 23.9 Å². The van der Waals surface area contributed by atoms with Crippen molar-refractivity contribution < 1.29 is 22.6 Å². The van der Waals surface area contributed by atoms with Crippen LogP contribution in [-0.4, -0.2) is 75.4 Å². The van der Waals surface area contributed by atoms with E-state index in [2.05, 4.69) is 25.5 Å². The lowest BCUT2D eigenvalue weighted by atomic mass is 10.3. The summed E-state index contributed by atoms with van der Waals surface area (Å²) in [5.41, 5.74) is -0.798. The summed E-state index contributed by atoms with van der Waals surface area (Å²) in [6, 6.07) is 2.15. The van der Waals surface area contributed by atoms with Gasteiger partial charge in [0.1, 0.15) is 6.61 Å². The van der Waals surface area contributed by atoms with Crippen LogP contribution < -0.4 is 15.4 Å². The maximum atomic E-state index is 12.5. The Labute approximate surface area is 150 Å². The highest BCUT2D eigenvalue weighted by atomic mass is 19.4. The molecule has 0 atom stereocenters. The van der Waals surface area contributed by atoms with Crippen molar-refractivity contribution in [3.8, 4) is 5.88 Å². The highest BCUT2D eigenvalue weighted by Gasteiger charge is 2.30. The molecule has 2 heterocycles. The van der Waals surface area contributed by atoms with E-state index in [9.17, 15) is 13.2 Å². The molecule has 146 valence electrons. The topological polar surface area (TPSA) is 71.0 Å².